The number of rotatable bonds is 6. The molecule has 3 rings (SSSR count). The van der Waals surface area contributed by atoms with Crippen LogP contribution in [0.15, 0.2) is 53.3 Å². The number of ether oxygens (including phenoxy) is 2. The summed E-state index contributed by atoms with van der Waals surface area (Å²) in [6.45, 7) is 0. The zero-order valence-electron chi connectivity index (χ0n) is 16.7. The van der Waals surface area contributed by atoms with E-state index in [4.69, 9.17) is 9.47 Å². The van der Waals surface area contributed by atoms with Crippen LogP contribution in [0.3, 0.4) is 0 Å². The highest BCUT2D eigenvalue weighted by molar-refractivity contribution is 9.10. The van der Waals surface area contributed by atoms with Crippen molar-refractivity contribution in [1.29, 1.82) is 0 Å². The van der Waals surface area contributed by atoms with E-state index in [9.17, 15) is 18.0 Å². The van der Waals surface area contributed by atoms with Gasteiger partial charge in [0.15, 0.2) is 11.5 Å². The molecular weight excluding hydrogens is 495 g/mol. The average Bonchev–Trinajstić information content (AvgIpc) is 2.75. The van der Waals surface area contributed by atoms with Crippen molar-refractivity contribution in [2.45, 2.75) is 6.18 Å². The van der Waals surface area contributed by atoms with Crippen LogP contribution >= 0.6 is 15.9 Å². The minimum absolute atomic E-state index is 0.00703. The van der Waals surface area contributed by atoms with E-state index in [0.29, 0.717) is 21.7 Å². The molecule has 0 saturated carbocycles. The lowest BCUT2D eigenvalue weighted by molar-refractivity contribution is -0.137. The summed E-state index contributed by atoms with van der Waals surface area (Å²) in [4.78, 5) is 20.3. The van der Waals surface area contributed by atoms with Crippen LogP contribution in [-0.4, -0.2) is 30.2 Å². The summed E-state index contributed by atoms with van der Waals surface area (Å²) in [6, 6.07) is 8.20. The molecule has 0 aliphatic heterocycles. The first-order valence-corrected chi connectivity index (χ1v) is 9.79. The second-order valence-corrected chi connectivity index (χ2v) is 7.10. The first kappa shape index (κ1) is 23.1. The van der Waals surface area contributed by atoms with Gasteiger partial charge in [0.25, 0.3) is 0 Å². The molecule has 0 aliphatic carbocycles. The third-order valence-corrected chi connectivity index (χ3v) is 4.63. The number of methoxy groups -OCH3 is 1. The van der Waals surface area contributed by atoms with E-state index in [0.717, 1.165) is 12.1 Å². The zero-order chi connectivity index (χ0) is 23.3. The number of anilines is 3. The van der Waals surface area contributed by atoms with Crippen LogP contribution in [0.5, 0.6) is 17.4 Å². The van der Waals surface area contributed by atoms with Crippen LogP contribution in [0.1, 0.15) is 5.56 Å². The number of hydrogen-bond acceptors (Lipinski definition) is 6. The summed E-state index contributed by atoms with van der Waals surface area (Å²) in [5, 5.41) is 7.77. The molecule has 0 spiro atoms. The quantitative estimate of drug-likeness (QED) is 0.390. The Labute approximate surface area is 189 Å². The average molecular weight is 512 g/mol. The van der Waals surface area contributed by atoms with Crippen LogP contribution in [0, 0.1) is 0 Å². The van der Waals surface area contributed by atoms with Gasteiger partial charge in [0.2, 0.25) is 5.88 Å². The van der Waals surface area contributed by atoms with Gasteiger partial charge in [0, 0.05) is 30.6 Å². The van der Waals surface area contributed by atoms with Gasteiger partial charge in [0.1, 0.15) is 12.1 Å². The fourth-order valence-corrected chi connectivity index (χ4v) is 3.12. The molecule has 2 aromatic carbocycles. The maximum atomic E-state index is 12.8. The number of urea groups is 1. The highest BCUT2D eigenvalue weighted by Crippen LogP contribution is 2.41. The summed E-state index contributed by atoms with van der Waals surface area (Å²) in [7, 11) is 3.12. The Bertz CT molecular complexity index is 1130. The van der Waals surface area contributed by atoms with E-state index >= 15 is 0 Å². The maximum absolute atomic E-state index is 12.8. The Morgan fingerprint density at radius 3 is 2.50 bits per heavy atom. The van der Waals surface area contributed by atoms with Gasteiger partial charge in [-0.15, -0.1) is 0 Å². The Balaban J connectivity index is 1.76. The van der Waals surface area contributed by atoms with Gasteiger partial charge in [-0.3, -0.25) is 0 Å². The lowest BCUT2D eigenvalue weighted by Gasteiger charge is -2.15. The molecule has 3 N–H and O–H groups in total. The lowest BCUT2D eigenvalue weighted by Crippen LogP contribution is -2.20. The Hall–Kier alpha value is -3.54. The largest absolute Gasteiger partial charge is 0.493 e. The third kappa shape index (κ3) is 5.78. The van der Waals surface area contributed by atoms with Gasteiger partial charge in [-0.05, 0) is 40.2 Å². The Morgan fingerprint density at radius 1 is 1.06 bits per heavy atom. The van der Waals surface area contributed by atoms with Crippen LogP contribution in [-0.2, 0) is 6.18 Å². The van der Waals surface area contributed by atoms with Crippen molar-refractivity contribution in [2.75, 3.05) is 30.1 Å². The van der Waals surface area contributed by atoms with Crippen molar-refractivity contribution in [3.8, 4) is 17.4 Å². The van der Waals surface area contributed by atoms with Gasteiger partial charge in [-0.1, -0.05) is 6.07 Å². The van der Waals surface area contributed by atoms with Gasteiger partial charge >= 0.3 is 12.2 Å². The van der Waals surface area contributed by atoms with Crippen molar-refractivity contribution in [3.05, 3.63) is 58.8 Å². The molecule has 0 aliphatic rings. The molecular formula is C20H17BrF3N5O3. The van der Waals surface area contributed by atoms with Crippen LogP contribution in [0.2, 0.25) is 0 Å². The Kier molecular flexibility index (Phi) is 7.03. The molecule has 3 aromatic rings. The van der Waals surface area contributed by atoms with E-state index in [2.05, 4.69) is 41.8 Å². The van der Waals surface area contributed by atoms with E-state index in [1.54, 1.807) is 19.2 Å². The number of benzene rings is 2. The van der Waals surface area contributed by atoms with Crippen LogP contribution in [0.25, 0.3) is 0 Å². The number of carbonyl (C=O) groups excluding carboxylic acids is 1. The number of hydrogen-bond donors (Lipinski definition) is 3. The standard InChI is InChI=1S/C20H17BrF3N5O3/c1-25-16-9-17(27-10-26-16)32-18-14(21)7-13(8-15(18)31-2)29-19(30)28-12-5-3-4-11(6-12)20(22,23)24/h3-10H,1-2H3,(H,25,26,27)(H2,28,29,30). The van der Waals surface area contributed by atoms with E-state index in [1.807, 2.05) is 0 Å². The zero-order valence-corrected chi connectivity index (χ0v) is 18.3. The fourth-order valence-electron chi connectivity index (χ4n) is 2.59. The first-order chi connectivity index (χ1) is 15.2. The maximum Gasteiger partial charge on any atom is 0.416 e. The highest BCUT2D eigenvalue weighted by atomic mass is 79.9. The topological polar surface area (TPSA) is 97.4 Å². The summed E-state index contributed by atoms with van der Waals surface area (Å²) in [6.07, 6.45) is -3.19. The predicted molar refractivity (Wildman–Crippen MR) is 116 cm³/mol. The molecule has 0 fully saturated rings. The summed E-state index contributed by atoms with van der Waals surface area (Å²) in [5.41, 5.74) is -0.566. The molecule has 1 aromatic heterocycles. The fraction of sp³-hybridized carbons (Fsp3) is 0.150. The van der Waals surface area contributed by atoms with Crippen LogP contribution in [0.4, 0.5) is 35.2 Å². The lowest BCUT2D eigenvalue weighted by atomic mass is 10.2. The number of aromatic nitrogens is 2. The highest BCUT2D eigenvalue weighted by Gasteiger charge is 2.30. The second kappa shape index (κ2) is 9.73. The molecule has 1 heterocycles. The number of nitrogens with zero attached hydrogens (tertiary/aromatic N) is 2. The molecule has 0 radical (unpaired) electrons. The molecule has 0 unspecified atom stereocenters. The molecule has 0 bridgehead atoms. The summed E-state index contributed by atoms with van der Waals surface area (Å²) >= 11 is 3.36. The molecule has 2 amide bonds. The first-order valence-electron chi connectivity index (χ1n) is 9.00. The van der Waals surface area contributed by atoms with Gasteiger partial charge in [-0.2, -0.15) is 13.2 Å². The number of halogens is 4. The third-order valence-electron chi connectivity index (χ3n) is 4.04. The van der Waals surface area contributed by atoms with Crippen molar-refractivity contribution in [2.24, 2.45) is 0 Å². The number of amides is 2. The monoisotopic (exact) mass is 511 g/mol. The van der Waals surface area contributed by atoms with E-state index in [-0.39, 0.29) is 17.3 Å². The van der Waals surface area contributed by atoms with Gasteiger partial charge < -0.3 is 25.4 Å². The Morgan fingerprint density at radius 2 is 1.81 bits per heavy atom. The summed E-state index contributed by atoms with van der Waals surface area (Å²) < 4.78 is 50.1. The molecule has 0 saturated heterocycles. The molecule has 12 heteroatoms. The number of alkyl halides is 3. The van der Waals surface area contributed by atoms with Gasteiger partial charge in [-0.25, -0.2) is 14.8 Å². The minimum Gasteiger partial charge on any atom is -0.493 e. The van der Waals surface area contributed by atoms with Crippen molar-refractivity contribution < 1.29 is 27.4 Å². The smallest absolute Gasteiger partial charge is 0.416 e. The van der Waals surface area contributed by atoms with Crippen molar-refractivity contribution >= 4 is 39.2 Å². The normalized spacial score (nSPS) is 10.9. The second-order valence-electron chi connectivity index (χ2n) is 6.24. The van der Waals surface area contributed by atoms with E-state index in [1.165, 1.54) is 31.6 Å². The van der Waals surface area contributed by atoms with E-state index < -0.39 is 17.8 Å². The number of carbonyl (C=O) groups is 1. The molecule has 0 atom stereocenters. The molecule has 8 nitrogen and oxygen atoms in total. The minimum atomic E-state index is -4.51. The molecule has 32 heavy (non-hydrogen) atoms. The molecule has 168 valence electrons. The van der Waals surface area contributed by atoms with Gasteiger partial charge in [0.05, 0.1) is 17.1 Å². The summed E-state index contributed by atoms with van der Waals surface area (Å²) in [5.74, 6) is 1.39. The number of nitrogens with one attached hydrogen (secondary N) is 3. The predicted octanol–water partition coefficient (Wildman–Crippen LogP) is 5.74. The van der Waals surface area contributed by atoms with Crippen molar-refractivity contribution in [1.82, 2.24) is 9.97 Å². The van der Waals surface area contributed by atoms with Crippen LogP contribution < -0.4 is 25.4 Å². The SMILES string of the molecule is CNc1cc(Oc2c(Br)cc(NC(=O)Nc3cccc(C(F)(F)F)c3)cc2OC)ncn1. The van der Waals surface area contributed by atoms with Crippen molar-refractivity contribution in [3.63, 3.8) is 0 Å².